The smallest absolute Gasteiger partial charge is 0.331 e. The van der Waals surface area contributed by atoms with Crippen LogP contribution in [0.2, 0.25) is 0 Å². The molecule has 194 valence electrons. The number of rotatable bonds is 9. The predicted molar refractivity (Wildman–Crippen MR) is 138 cm³/mol. The maximum atomic E-state index is 13.4. The molecule has 0 bridgehead atoms. The molecule has 0 aliphatic carbocycles. The summed E-state index contributed by atoms with van der Waals surface area (Å²) in [5.41, 5.74) is 0.784. The SMILES string of the molecule is O=C(CCCn1c(=O)c2ccccc2n(Cc2cccc([N+](=O)[O-])c2)c1=O)NCc1ccc2c(c1)OCO2. The molecule has 0 unspecified atom stereocenters. The fourth-order valence-corrected chi connectivity index (χ4v) is 4.41. The van der Waals surface area contributed by atoms with Gasteiger partial charge in [0.15, 0.2) is 11.5 Å². The largest absolute Gasteiger partial charge is 0.454 e. The predicted octanol–water partition coefficient (Wildman–Crippen LogP) is 2.95. The molecule has 11 nitrogen and oxygen atoms in total. The zero-order valence-electron chi connectivity index (χ0n) is 20.3. The van der Waals surface area contributed by atoms with Gasteiger partial charge in [0.1, 0.15) is 0 Å². The summed E-state index contributed by atoms with van der Waals surface area (Å²) in [5.74, 6) is 1.08. The van der Waals surface area contributed by atoms with Crippen LogP contribution in [-0.2, 0) is 24.4 Å². The number of hydrogen-bond acceptors (Lipinski definition) is 7. The van der Waals surface area contributed by atoms with Gasteiger partial charge in [-0.15, -0.1) is 0 Å². The standard InChI is InChI=1S/C27H24N4O7/c32-25(28-15-18-10-11-23-24(14-18)38-17-37-23)9-4-12-29-26(33)21-7-1-2-8-22(21)30(27(29)34)16-19-5-3-6-20(13-19)31(35)36/h1-3,5-8,10-11,13-14H,4,9,12,15-17H2,(H,28,32). The monoisotopic (exact) mass is 516 g/mol. The van der Waals surface area contributed by atoms with Crippen molar-refractivity contribution in [2.45, 2.75) is 32.5 Å². The Morgan fingerprint density at radius 3 is 2.61 bits per heavy atom. The lowest BCUT2D eigenvalue weighted by Gasteiger charge is -2.14. The van der Waals surface area contributed by atoms with Crippen molar-refractivity contribution in [3.05, 3.63) is 109 Å². The second-order valence-electron chi connectivity index (χ2n) is 8.84. The molecule has 2 heterocycles. The Hall–Kier alpha value is -4.93. The molecule has 0 atom stereocenters. The number of hydrogen-bond donors (Lipinski definition) is 1. The number of para-hydroxylation sites is 1. The highest BCUT2D eigenvalue weighted by atomic mass is 16.7. The highest BCUT2D eigenvalue weighted by molar-refractivity contribution is 5.78. The van der Waals surface area contributed by atoms with E-state index < -0.39 is 16.2 Å². The first-order chi connectivity index (χ1) is 18.4. The van der Waals surface area contributed by atoms with Gasteiger partial charge in [-0.1, -0.05) is 30.3 Å². The van der Waals surface area contributed by atoms with Gasteiger partial charge in [-0.05, 0) is 41.8 Å². The van der Waals surface area contributed by atoms with Crippen LogP contribution < -0.4 is 26.0 Å². The summed E-state index contributed by atoms with van der Waals surface area (Å²) in [4.78, 5) is 49.6. The lowest BCUT2D eigenvalue weighted by Crippen LogP contribution is -2.40. The third-order valence-corrected chi connectivity index (χ3v) is 6.31. The Bertz CT molecular complexity index is 1660. The van der Waals surface area contributed by atoms with Crippen LogP contribution in [0.5, 0.6) is 11.5 Å². The molecule has 1 aliphatic heterocycles. The molecule has 38 heavy (non-hydrogen) atoms. The van der Waals surface area contributed by atoms with Gasteiger partial charge >= 0.3 is 5.69 Å². The van der Waals surface area contributed by atoms with Crippen molar-refractivity contribution in [3.8, 4) is 11.5 Å². The second-order valence-corrected chi connectivity index (χ2v) is 8.84. The highest BCUT2D eigenvalue weighted by Gasteiger charge is 2.16. The molecule has 1 aliphatic rings. The number of amides is 1. The molecule has 0 spiro atoms. The van der Waals surface area contributed by atoms with E-state index in [1.807, 2.05) is 6.07 Å². The van der Waals surface area contributed by atoms with E-state index in [2.05, 4.69) is 5.32 Å². The summed E-state index contributed by atoms with van der Waals surface area (Å²) in [6, 6.07) is 18.2. The molecular weight excluding hydrogens is 492 g/mol. The molecule has 1 amide bonds. The molecule has 1 aromatic heterocycles. The Kier molecular flexibility index (Phi) is 6.90. The number of nitrogens with one attached hydrogen (secondary N) is 1. The van der Waals surface area contributed by atoms with Crippen molar-refractivity contribution in [3.63, 3.8) is 0 Å². The Morgan fingerprint density at radius 2 is 1.76 bits per heavy atom. The molecule has 1 N–H and O–H groups in total. The van der Waals surface area contributed by atoms with Gasteiger partial charge in [0.05, 0.1) is 22.4 Å². The van der Waals surface area contributed by atoms with E-state index in [1.54, 1.807) is 48.5 Å². The van der Waals surface area contributed by atoms with Gasteiger partial charge in [-0.25, -0.2) is 4.79 Å². The summed E-state index contributed by atoms with van der Waals surface area (Å²) in [7, 11) is 0. The maximum Gasteiger partial charge on any atom is 0.331 e. The van der Waals surface area contributed by atoms with Crippen LogP contribution in [0, 0.1) is 10.1 Å². The lowest BCUT2D eigenvalue weighted by molar-refractivity contribution is -0.384. The van der Waals surface area contributed by atoms with Crippen molar-refractivity contribution in [2.24, 2.45) is 0 Å². The third-order valence-electron chi connectivity index (χ3n) is 6.31. The quantitative estimate of drug-likeness (QED) is 0.267. The number of nitro groups is 1. The molecule has 5 rings (SSSR count). The molecule has 0 radical (unpaired) electrons. The number of carbonyl (C=O) groups excluding carboxylic acids is 1. The lowest BCUT2D eigenvalue weighted by atomic mass is 10.2. The summed E-state index contributed by atoms with van der Waals surface area (Å²) >= 11 is 0. The molecule has 0 saturated carbocycles. The van der Waals surface area contributed by atoms with Crippen molar-refractivity contribution in [2.75, 3.05) is 6.79 Å². The topological polar surface area (TPSA) is 135 Å². The Morgan fingerprint density at radius 1 is 0.947 bits per heavy atom. The molecule has 11 heteroatoms. The number of carbonyl (C=O) groups is 1. The average molecular weight is 517 g/mol. The molecule has 0 fully saturated rings. The van der Waals surface area contributed by atoms with Crippen LogP contribution in [-0.4, -0.2) is 26.8 Å². The van der Waals surface area contributed by atoms with E-state index in [4.69, 9.17) is 9.47 Å². The Labute approximate surface area is 216 Å². The highest BCUT2D eigenvalue weighted by Crippen LogP contribution is 2.32. The van der Waals surface area contributed by atoms with Crippen molar-refractivity contribution in [1.82, 2.24) is 14.5 Å². The van der Waals surface area contributed by atoms with Crippen molar-refractivity contribution >= 4 is 22.5 Å². The molecule has 0 saturated heterocycles. The van der Waals surface area contributed by atoms with Gasteiger partial charge in [0.25, 0.3) is 11.2 Å². The molecule has 3 aromatic carbocycles. The number of nitro benzene ring substituents is 1. The van der Waals surface area contributed by atoms with Crippen LogP contribution in [0.3, 0.4) is 0 Å². The minimum Gasteiger partial charge on any atom is -0.454 e. The van der Waals surface area contributed by atoms with Crippen LogP contribution in [0.15, 0.2) is 76.3 Å². The summed E-state index contributed by atoms with van der Waals surface area (Å²) in [5, 5.41) is 14.4. The number of benzene rings is 3. The minimum atomic E-state index is -0.541. The minimum absolute atomic E-state index is 0.0505. The zero-order chi connectivity index (χ0) is 26.6. The summed E-state index contributed by atoms with van der Waals surface area (Å²) < 4.78 is 13.2. The normalized spacial score (nSPS) is 12.0. The van der Waals surface area contributed by atoms with E-state index in [-0.39, 0.29) is 44.3 Å². The van der Waals surface area contributed by atoms with Crippen molar-refractivity contribution < 1.29 is 19.2 Å². The number of fused-ring (bicyclic) bond motifs is 2. The van der Waals surface area contributed by atoms with Crippen LogP contribution >= 0.6 is 0 Å². The van der Waals surface area contributed by atoms with E-state index in [9.17, 15) is 24.5 Å². The number of aromatic nitrogens is 2. The van der Waals surface area contributed by atoms with Gasteiger partial charge in [0, 0.05) is 31.6 Å². The number of non-ortho nitro benzene ring substituents is 1. The van der Waals surface area contributed by atoms with E-state index in [1.165, 1.54) is 16.7 Å². The summed E-state index contributed by atoms with van der Waals surface area (Å²) in [6.45, 7) is 0.583. The van der Waals surface area contributed by atoms with Crippen LogP contribution in [0.25, 0.3) is 10.9 Å². The molecule has 4 aromatic rings. The van der Waals surface area contributed by atoms with Crippen LogP contribution in [0.1, 0.15) is 24.0 Å². The third kappa shape index (κ3) is 5.12. The first kappa shape index (κ1) is 24.8. The van der Waals surface area contributed by atoms with E-state index in [0.29, 0.717) is 34.5 Å². The van der Waals surface area contributed by atoms with E-state index >= 15 is 0 Å². The fourth-order valence-electron chi connectivity index (χ4n) is 4.41. The van der Waals surface area contributed by atoms with Gasteiger partial charge in [0.2, 0.25) is 12.7 Å². The zero-order valence-corrected chi connectivity index (χ0v) is 20.3. The second kappa shape index (κ2) is 10.6. The first-order valence-corrected chi connectivity index (χ1v) is 12.0. The van der Waals surface area contributed by atoms with E-state index in [0.717, 1.165) is 10.1 Å². The maximum absolute atomic E-state index is 13.4. The summed E-state index contributed by atoms with van der Waals surface area (Å²) in [6.07, 6.45) is 0.394. The van der Waals surface area contributed by atoms with Gasteiger partial charge < -0.3 is 14.8 Å². The van der Waals surface area contributed by atoms with Gasteiger partial charge in [-0.2, -0.15) is 0 Å². The Balaban J connectivity index is 1.30. The fraction of sp³-hybridized carbons (Fsp3) is 0.222. The van der Waals surface area contributed by atoms with Crippen LogP contribution in [0.4, 0.5) is 5.69 Å². The number of nitrogens with zero attached hydrogens (tertiary/aromatic N) is 3. The average Bonchev–Trinajstić information content (AvgIpc) is 3.40. The first-order valence-electron chi connectivity index (χ1n) is 12.0. The number of ether oxygens (including phenoxy) is 2. The molecular formula is C27H24N4O7. The van der Waals surface area contributed by atoms with Crippen molar-refractivity contribution in [1.29, 1.82) is 0 Å². The van der Waals surface area contributed by atoms with Gasteiger partial charge in [-0.3, -0.25) is 28.8 Å².